The number of benzene rings is 2. The summed E-state index contributed by atoms with van der Waals surface area (Å²) in [6, 6.07) is 11.1. The van der Waals surface area contributed by atoms with Crippen LogP contribution in [0.15, 0.2) is 41.4 Å². The average Bonchev–Trinajstić information content (AvgIpc) is 3.06. The molecule has 0 aliphatic heterocycles. The zero-order valence-corrected chi connectivity index (χ0v) is 17.5. The Morgan fingerprint density at radius 1 is 1.10 bits per heavy atom. The zero-order chi connectivity index (χ0) is 21.0. The van der Waals surface area contributed by atoms with Crippen molar-refractivity contribution in [2.75, 3.05) is 21.3 Å². The first-order valence-electron chi connectivity index (χ1n) is 8.95. The number of aryl methyl sites for hydroxylation is 2. The van der Waals surface area contributed by atoms with E-state index in [9.17, 15) is 9.59 Å². The summed E-state index contributed by atoms with van der Waals surface area (Å²) < 4.78 is 18.2. The van der Waals surface area contributed by atoms with Gasteiger partial charge in [0, 0.05) is 6.54 Å². The first kappa shape index (κ1) is 20.6. The first-order valence-corrected chi connectivity index (χ1v) is 9.77. The maximum absolute atomic E-state index is 13.0. The predicted molar refractivity (Wildman–Crippen MR) is 111 cm³/mol. The van der Waals surface area contributed by atoms with Crippen LogP contribution in [0.4, 0.5) is 0 Å². The number of carbonyl (C=O) groups is 2. The molecule has 1 aromatic heterocycles. The van der Waals surface area contributed by atoms with Crippen LogP contribution in [0.25, 0.3) is 10.2 Å². The van der Waals surface area contributed by atoms with Crippen LogP contribution in [0.1, 0.15) is 22.3 Å². The van der Waals surface area contributed by atoms with Crippen molar-refractivity contribution in [2.24, 2.45) is 4.99 Å². The normalized spacial score (nSPS) is 11.5. The minimum atomic E-state index is -0.448. The molecule has 0 saturated heterocycles. The summed E-state index contributed by atoms with van der Waals surface area (Å²) in [6.07, 6.45) is 0.181. The van der Waals surface area contributed by atoms with Gasteiger partial charge in [0.1, 0.15) is 0 Å². The number of carbonyl (C=O) groups excluding carboxylic acids is 2. The number of fused-ring (bicyclic) bond motifs is 1. The summed E-state index contributed by atoms with van der Waals surface area (Å²) in [5, 5.41) is 0. The van der Waals surface area contributed by atoms with E-state index in [1.807, 2.05) is 29.7 Å². The summed E-state index contributed by atoms with van der Waals surface area (Å²) >= 11 is 1.40. The van der Waals surface area contributed by atoms with Gasteiger partial charge in [-0.15, -0.1) is 0 Å². The summed E-state index contributed by atoms with van der Waals surface area (Å²) in [7, 11) is 4.34. The number of esters is 1. The van der Waals surface area contributed by atoms with Gasteiger partial charge >= 0.3 is 5.97 Å². The standard InChI is InChI=1S/C21H22N2O5S/c1-13-8-9-15-17(12-13)29-21(23(15)11-10-18(24)27-3)22-20(25)14-6-5-7-16(26-2)19(14)28-4/h5-9,12H,10-11H2,1-4H3. The van der Waals surface area contributed by atoms with E-state index in [4.69, 9.17) is 14.2 Å². The van der Waals surface area contributed by atoms with Gasteiger partial charge in [-0.1, -0.05) is 23.5 Å². The van der Waals surface area contributed by atoms with E-state index in [0.717, 1.165) is 15.8 Å². The summed E-state index contributed by atoms with van der Waals surface area (Å²) in [5.74, 6) is 0.0208. The molecule has 0 saturated carbocycles. The fraction of sp³-hybridized carbons (Fsp3) is 0.286. The number of ether oxygens (including phenoxy) is 3. The van der Waals surface area contributed by atoms with Crippen LogP contribution in [0.2, 0.25) is 0 Å². The Bertz CT molecular complexity index is 1130. The molecule has 1 heterocycles. The monoisotopic (exact) mass is 414 g/mol. The van der Waals surface area contributed by atoms with Gasteiger partial charge in [-0.05, 0) is 36.8 Å². The van der Waals surface area contributed by atoms with Gasteiger partial charge < -0.3 is 18.8 Å². The minimum Gasteiger partial charge on any atom is -0.493 e. The van der Waals surface area contributed by atoms with Crippen molar-refractivity contribution >= 4 is 33.4 Å². The minimum absolute atomic E-state index is 0.181. The molecule has 152 valence electrons. The lowest BCUT2D eigenvalue weighted by Crippen LogP contribution is -2.19. The molecular weight excluding hydrogens is 392 g/mol. The molecule has 7 nitrogen and oxygen atoms in total. The molecule has 0 fully saturated rings. The SMILES string of the molecule is COC(=O)CCn1c(=NC(=O)c2cccc(OC)c2OC)sc2cc(C)ccc21. The van der Waals surface area contributed by atoms with Crippen LogP contribution >= 0.6 is 11.3 Å². The van der Waals surface area contributed by atoms with Gasteiger partial charge in [0.15, 0.2) is 16.3 Å². The third-order valence-electron chi connectivity index (χ3n) is 4.44. The molecule has 0 aliphatic carbocycles. The number of para-hydroxylation sites is 1. The van der Waals surface area contributed by atoms with Crippen LogP contribution in [0.5, 0.6) is 11.5 Å². The number of thiazole rings is 1. The third-order valence-corrected chi connectivity index (χ3v) is 5.48. The van der Waals surface area contributed by atoms with Crippen molar-refractivity contribution in [1.29, 1.82) is 0 Å². The lowest BCUT2D eigenvalue weighted by atomic mass is 10.2. The highest BCUT2D eigenvalue weighted by atomic mass is 32.1. The Hall–Kier alpha value is -3.13. The smallest absolute Gasteiger partial charge is 0.307 e. The van der Waals surface area contributed by atoms with E-state index in [-0.39, 0.29) is 12.4 Å². The number of methoxy groups -OCH3 is 3. The molecule has 0 radical (unpaired) electrons. The van der Waals surface area contributed by atoms with Gasteiger partial charge in [-0.3, -0.25) is 9.59 Å². The molecule has 29 heavy (non-hydrogen) atoms. The topological polar surface area (TPSA) is 79.1 Å². The van der Waals surface area contributed by atoms with Crippen molar-refractivity contribution in [1.82, 2.24) is 4.57 Å². The predicted octanol–water partition coefficient (Wildman–Crippen LogP) is 3.33. The summed E-state index contributed by atoms with van der Waals surface area (Å²) in [4.78, 5) is 29.4. The maximum atomic E-state index is 13.0. The molecule has 3 aromatic rings. The molecule has 3 rings (SSSR count). The van der Waals surface area contributed by atoms with Gasteiger partial charge in [-0.25, -0.2) is 0 Å². The third kappa shape index (κ3) is 4.32. The van der Waals surface area contributed by atoms with Crippen molar-refractivity contribution < 1.29 is 23.8 Å². The van der Waals surface area contributed by atoms with Crippen molar-refractivity contribution in [2.45, 2.75) is 19.9 Å². The molecule has 8 heteroatoms. The lowest BCUT2D eigenvalue weighted by molar-refractivity contribution is -0.140. The number of nitrogens with zero attached hydrogens (tertiary/aromatic N) is 2. The number of hydrogen-bond acceptors (Lipinski definition) is 6. The average molecular weight is 414 g/mol. The zero-order valence-electron chi connectivity index (χ0n) is 16.7. The van der Waals surface area contributed by atoms with Crippen LogP contribution in [-0.2, 0) is 16.1 Å². The van der Waals surface area contributed by atoms with Gasteiger partial charge in [-0.2, -0.15) is 4.99 Å². The van der Waals surface area contributed by atoms with Crippen molar-refractivity contribution in [3.05, 3.63) is 52.3 Å². The van der Waals surface area contributed by atoms with Crippen LogP contribution < -0.4 is 14.3 Å². The van der Waals surface area contributed by atoms with Gasteiger partial charge in [0.25, 0.3) is 5.91 Å². The Kier molecular flexibility index (Phi) is 6.33. The van der Waals surface area contributed by atoms with E-state index in [1.165, 1.54) is 32.7 Å². The Morgan fingerprint density at radius 2 is 1.90 bits per heavy atom. The van der Waals surface area contributed by atoms with E-state index in [1.54, 1.807) is 18.2 Å². The Morgan fingerprint density at radius 3 is 2.59 bits per heavy atom. The van der Waals surface area contributed by atoms with Crippen LogP contribution in [0, 0.1) is 6.92 Å². The highest BCUT2D eigenvalue weighted by molar-refractivity contribution is 7.16. The Labute approximate surface area is 172 Å². The fourth-order valence-electron chi connectivity index (χ4n) is 2.99. The molecule has 0 aliphatic rings. The van der Waals surface area contributed by atoms with Crippen LogP contribution in [-0.4, -0.2) is 37.8 Å². The molecule has 2 aromatic carbocycles. The molecule has 0 spiro atoms. The Balaban J connectivity index is 2.12. The molecule has 0 N–H and O–H groups in total. The van der Waals surface area contributed by atoms with Gasteiger partial charge in [0.05, 0.1) is 43.5 Å². The number of aromatic nitrogens is 1. The quantitative estimate of drug-likeness (QED) is 0.578. The second-order valence-corrected chi connectivity index (χ2v) is 7.30. The highest BCUT2D eigenvalue weighted by Crippen LogP contribution is 2.31. The maximum Gasteiger partial charge on any atom is 0.307 e. The number of hydrogen-bond donors (Lipinski definition) is 0. The fourth-order valence-corrected chi connectivity index (χ4v) is 4.14. The second kappa shape index (κ2) is 8.91. The lowest BCUT2D eigenvalue weighted by Gasteiger charge is -2.10. The largest absolute Gasteiger partial charge is 0.493 e. The number of rotatable bonds is 6. The summed E-state index contributed by atoms with van der Waals surface area (Å²) in [5.41, 5.74) is 2.32. The van der Waals surface area contributed by atoms with Crippen LogP contribution in [0.3, 0.4) is 0 Å². The van der Waals surface area contributed by atoms with Crippen molar-refractivity contribution in [3.63, 3.8) is 0 Å². The molecule has 0 bridgehead atoms. The molecule has 0 atom stereocenters. The van der Waals surface area contributed by atoms with E-state index < -0.39 is 5.91 Å². The van der Waals surface area contributed by atoms with E-state index in [2.05, 4.69) is 4.99 Å². The van der Waals surface area contributed by atoms with Crippen molar-refractivity contribution in [3.8, 4) is 11.5 Å². The first-order chi connectivity index (χ1) is 14.0. The molecule has 0 unspecified atom stereocenters. The second-order valence-electron chi connectivity index (χ2n) is 6.29. The summed E-state index contributed by atoms with van der Waals surface area (Å²) in [6.45, 7) is 2.36. The number of amides is 1. The van der Waals surface area contributed by atoms with Gasteiger partial charge in [0.2, 0.25) is 0 Å². The molecular formula is C21H22N2O5S. The van der Waals surface area contributed by atoms with E-state index in [0.29, 0.717) is 28.4 Å². The van der Waals surface area contributed by atoms with E-state index >= 15 is 0 Å². The highest BCUT2D eigenvalue weighted by Gasteiger charge is 2.17. The molecule has 1 amide bonds.